The van der Waals surface area contributed by atoms with Crippen LogP contribution in [0, 0.1) is 0 Å². The Bertz CT molecular complexity index is 392. The van der Waals surface area contributed by atoms with Crippen molar-refractivity contribution in [2.24, 2.45) is 4.99 Å². The predicted octanol–water partition coefficient (Wildman–Crippen LogP) is 3.95. The maximum Gasteiger partial charge on any atom is 0.157 e. The summed E-state index contributed by atoms with van der Waals surface area (Å²) in [5, 5.41) is 4.64. The highest BCUT2D eigenvalue weighted by Crippen LogP contribution is 2.25. The zero-order valence-electron chi connectivity index (χ0n) is 11.5. The highest BCUT2D eigenvalue weighted by molar-refractivity contribution is 8.14. The Morgan fingerprint density at radius 1 is 1.26 bits per heavy atom. The van der Waals surface area contributed by atoms with Gasteiger partial charge >= 0.3 is 0 Å². The number of nitrogens with one attached hydrogen (secondary N) is 1. The van der Waals surface area contributed by atoms with Gasteiger partial charge in [-0.15, -0.1) is 0 Å². The molecule has 2 nitrogen and oxygen atoms in total. The number of hydrogen-bond acceptors (Lipinski definition) is 3. The molecule has 1 atom stereocenters. The van der Waals surface area contributed by atoms with Crippen molar-refractivity contribution < 1.29 is 0 Å². The SMILES string of the molecule is CSCCCCCN=C1NC(c2ccccc2)CS1. The summed E-state index contributed by atoms with van der Waals surface area (Å²) in [6.45, 7) is 0.964. The van der Waals surface area contributed by atoms with Gasteiger partial charge in [0.25, 0.3) is 0 Å². The van der Waals surface area contributed by atoms with E-state index in [0.717, 1.165) is 17.5 Å². The number of thioether (sulfide) groups is 2. The molecule has 0 bridgehead atoms. The number of nitrogens with zero attached hydrogens (tertiary/aromatic N) is 1. The third-order valence-corrected chi connectivity index (χ3v) is 4.87. The molecule has 2 rings (SSSR count). The average molecular weight is 294 g/mol. The second-order valence-electron chi connectivity index (χ2n) is 4.66. The van der Waals surface area contributed by atoms with Crippen LogP contribution in [0.1, 0.15) is 30.9 Å². The summed E-state index contributed by atoms with van der Waals surface area (Å²) < 4.78 is 0. The zero-order chi connectivity index (χ0) is 13.3. The molecule has 1 aliphatic heterocycles. The monoisotopic (exact) mass is 294 g/mol. The van der Waals surface area contributed by atoms with Crippen molar-refractivity contribution >= 4 is 28.7 Å². The Morgan fingerprint density at radius 3 is 2.89 bits per heavy atom. The lowest BCUT2D eigenvalue weighted by molar-refractivity contribution is 0.721. The molecule has 1 aromatic rings. The van der Waals surface area contributed by atoms with Crippen molar-refractivity contribution in [2.75, 3.05) is 24.3 Å². The molecule has 19 heavy (non-hydrogen) atoms. The topological polar surface area (TPSA) is 24.4 Å². The summed E-state index contributed by atoms with van der Waals surface area (Å²) in [6, 6.07) is 11.1. The maximum atomic E-state index is 4.66. The third kappa shape index (κ3) is 5.11. The second-order valence-corrected chi connectivity index (χ2v) is 6.65. The van der Waals surface area contributed by atoms with E-state index in [1.807, 2.05) is 23.5 Å². The highest BCUT2D eigenvalue weighted by Gasteiger charge is 2.20. The third-order valence-electron chi connectivity index (χ3n) is 3.15. The first kappa shape index (κ1) is 14.8. The lowest BCUT2D eigenvalue weighted by Crippen LogP contribution is -2.19. The van der Waals surface area contributed by atoms with Crippen LogP contribution in [0.2, 0.25) is 0 Å². The van der Waals surface area contributed by atoms with Crippen LogP contribution < -0.4 is 5.32 Å². The number of benzene rings is 1. The van der Waals surface area contributed by atoms with Gasteiger partial charge in [-0.05, 0) is 30.4 Å². The van der Waals surface area contributed by atoms with Crippen molar-refractivity contribution in [1.29, 1.82) is 0 Å². The number of hydrogen-bond donors (Lipinski definition) is 1. The Morgan fingerprint density at radius 2 is 2.11 bits per heavy atom. The molecule has 1 aromatic carbocycles. The van der Waals surface area contributed by atoms with Gasteiger partial charge in [0, 0.05) is 12.3 Å². The van der Waals surface area contributed by atoms with Gasteiger partial charge in [-0.2, -0.15) is 11.8 Å². The van der Waals surface area contributed by atoms with Gasteiger partial charge in [0.15, 0.2) is 5.17 Å². The Balaban J connectivity index is 1.70. The summed E-state index contributed by atoms with van der Waals surface area (Å²) in [4.78, 5) is 4.66. The minimum absolute atomic E-state index is 0.432. The van der Waals surface area contributed by atoms with Crippen LogP contribution in [-0.2, 0) is 0 Å². The second kappa shape index (κ2) is 8.54. The normalized spacial score (nSPS) is 20.7. The van der Waals surface area contributed by atoms with Crippen molar-refractivity contribution in [3.63, 3.8) is 0 Å². The lowest BCUT2D eigenvalue weighted by Gasteiger charge is -2.09. The highest BCUT2D eigenvalue weighted by atomic mass is 32.2. The first-order valence-corrected chi connectivity index (χ1v) is 9.26. The first-order chi connectivity index (χ1) is 9.40. The molecule has 0 aliphatic carbocycles. The molecule has 0 amide bonds. The van der Waals surface area contributed by atoms with E-state index in [1.54, 1.807) is 0 Å². The van der Waals surface area contributed by atoms with Gasteiger partial charge in [-0.3, -0.25) is 4.99 Å². The van der Waals surface area contributed by atoms with Crippen LogP contribution in [-0.4, -0.2) is 29.5 Å². The predicted molar refractivity (Wildman–Crippen MR) is 89.3 cm³/mol. The van der Waals surface area contributed by atoms with Gasteiger partial charge in [0.05, 0.1) is 6.04 Å². The Kier molecular flexibility index (Phi) is 6.65. The fraction of sp³-hybridized carbons (Fsp3) is 0.533. The number of unbranched alkanes of at least 4 members (excludes halogenated alkanes) is 2. The van der Waals surface area contributed by atoms with E-state index in [1.165, 1.54) is 30.6 Å². The minimum atomic E-state index is 0.432. The van der Waals surface area contributed by atoms with Gasteiger partial charge in [0.1, 0.15) is 0 Å². The Hall–Kier alpha value is -0.610. The van der Waals surface area contributed by atoms with E-state index >= 15 is 0 Å². The average Bonchev–Trinajstić information content (AvgIpc) is 2.92. The molecule has 0 aromatic heterocycles. The fourth-order valence-electron chi connectivity index (χ4n) is 2.07. The summed E-state index contributed by atoms with van der Waals surface area (Å²) in [7, 11) is 0. The fourth-order valence-corrected chi connectivity index (χ4v) is 3.57. The zero-order valence-corrected chi connectivity index (χ0v) is 13.1. The standard InChI is InChI=1S/C15H22N2S2/c1-18-11-7-3-6-10-16-15-17-14(12-19-15)13-8-4-2-5-9-13/h2,4-5,8-9,14H,3,6-7,10-12H2,1H3,(H,16,17). The summed E-state index contributed by atoms with van der Waals surface area (Å²) >= 11 is 3.78. The largest absolute Gasteiger partial charge is 0.357 e. The maximum absolute atomic E-state index is 4.66. The smallest absolute Gasteiger partial charge is 0.157 e. The summed E-state index contributed by atoms with van der Waals surface area (Å²) in [5.74, 6) is 2.37. The molecular formula is C15H22N2S2. The summed E-state index contributed by atoms with van der Waals surface area (Å²) in [6.07, 6.45) is 6.00. The van der Waals surface area contributed by atoms with E-state index < -0.39 is 0 Å². The first-order valence-electron chi connectivity index (χ1n) is 6.88. The minimum Gasteiger partial charge on any atom is -0.357 e. The lowest BCUT2D eigenvalue weighted by atomic mass is 10.1. The van der Waals surface area contributed by atoms with Crippen LogP contribution >= 0.6 is 23.5 Å². The molecule has 104 valence electrons. The molecule has 0 saturated carbocycles. The molecular weight excluding hydrogens is 272 g/mol. The van der Waals surface area contributed by atoms with E-state index in [4.69, 9.17) is 0 Å². The molecule has 1 saturated heterocycles. The van der Waals surface area contributed by atoms with Crippen molar-refractivity contribution in [3.8, 4) is 0 Å². The van der Waals surface area contributed by atoms with Gasteiger partial charge in [-0.1, -0.05) is 48.5 Å². The van der Waals surface area contributed by atoms with Gasteiger partial charge in [0.2, 0.25) is 0 Å². The Labute approximate surface area is 124 Å². The van der Waals surface area contributed by atoms with E-state index in [9.17, 15) is 0 Å². The van der Waals surface area contributed by atoms with Crippen LogP contribution in [0.15, 0.2) is 35.3 Å². The number of rotatable bonds is 7. The molecule has 1 fully saturated rings. The quantitative estimate of drug-likeness (QED) is 0.771. The van der Waals surface area contributed by atoms with Crippen LogP contribution in [0.25, 0.3) is 0 Å². The number of amidine groups is 1. The van der Waals surface area contributed by atoms with Crippen LogP contribution in [0.3, 0.4) is 0 Å². The molecule has 0 spiro atoms. The van der Waals surface area contributed by atoms with E-state index in [2.05, 4.69) is 46.9 Å². The number of aliphatic imine (C=N–C) groups is 1. The van der Waals surface area contributed by atoms with Crippen LogP contribution in [0.4, 0.5) is 0 Å². The van der Waals surface area contributed by atoms with Crippen molar-refractivity contribution in [2.45, 2.75) is 25.3 Å². The molecule has 0 radical (unpaired) electrons. The van der Waals surface area contributed by atoms with Gasteiger partial charge in [-0.25, -0.2) is 0 Å². The molecule has 4 heteroatoms. The molecule has 1 heterocycles. The summed E-state index contributed by atoms with van der Waals surface area (Å²) in [5.41, 5.74) is 1.36. The van der Waals surface area contributed by atoms with Crippen LogP contribution in [0.5, 0.6) is 0 Å². The molecule has 1 aliphatic rings. The van der Waals surface area contributed by atoms with E-state index in [0.29, 0.717) is 6.04 Å². The van der Waals surface area contributed by atoms with Gasteiger partial charge < -0.3 is 5.32 Å². The van der Waals surface area contributed by atoms with E-state index in [-0.39, 0.29) is 0 Å². The molecule has 1 N–H and O–H groups in total. The molecule has 1 unspecified atom stereocenters. The van der Waals surface area contributed by atoms with Crippen molar-refractivity contribution in [1.82, 2.24) is 5.32 Å². The van der Waals surface area contributed by atoms with Crippen molar-refractivity contribution in [3.05, 3.63) is 35.9 Å².